The SMILES string of the molecule is O=C(O)c1ncncn1.[H-].[Li+]. The molecule has 0 saturated carbocycles. The molecule has 0 atom stereocenters. The first-order valence-corrected chi connectivity index (χ1v) is 2.16. The van der Waals surface area contributed by atoms with Crippen molar-refractivity contribution in [2.24, 2.45) is 0 Å². The monoisotopic (exact) mass is 133 g/mol. The molecule has 0 aliphatic heterocycles. The van der Waals surface area contributed by atoms with Gasteiger partial charge in [0, 0.05) is 0 Å². The molecule has 1 heterocycles. The maximum Gasteiger partial charge on any atom is 1.00 e. The van der Waals surface area contributed by atoms with Crippen LogP contribution in [0.25, 0.3) is 0 Å². The second kappa shape index (κ2) is 3.98. The van der Waals surface area contributed by atoms with E-state index in [1.165, 1.54) is 0 Å². The predicted molar refractivity (Wildman–Crippen MR) is 27.9 cm³/mol. The normalized spacial score (nSPS) is 8.00. The Balaban J connectivity index is 0. The van der Waals surface area contributed by atoms with Crippen LogP contribution in [0, 0.1) is 0 Å². The van der Waals surface area contributed by atoms with Crippen molar-refractivity contribution in [2.45, 2.75) is 0 Å². The molecule has 0 aromatic carbocycles. The van der Waals surface area contributed by atoms with Crippen LogP contribution in [0.15, 0.2) is 12.7 Å². The Hall–Kier alpha value is -0.923. The molecule has 10 heavy (non-hydrogen) atoms. The van der Waals surface area contributed by atoms with E-state index >= 15 is 0 Å². The van der Waals surface area contributed by atoms with E-state index in [1.54, 1.807) is 0 Å². The summed E-state index contributed by atoms with van der Waals surface area (Å²) in [6, 6.07) is 0. The van der Waals surface area contributed by atoms with Gasteiger partial charge in [0.15, 0.2) is 0 Å². The molecule has 0 amide bonds. The summed E-state index contributed by atoms with van der Waals surface area (Å²) in [7, 11) is 0. The molecule has 1 N–H and O–H groups in total. The minimum Gasteiger partial charge on any atom is -1.00 e. The number of carboxylic acids is 1. The van der Waals surface area contributed by atoms with Crippen molar-refractivity contribution in [3.05, 3.63) is 18.5 Å². The summed E-state index contributed by atoms with van der Waals surface area (Å²) in [6.07, 6.45) is 2.27. The number of hydrogen-bond donors (Lipinski definition) is 1. The van der Waals surface area contributed by atoms with E-state index in [1.807, 2.05) is 0 Å². The second-order valence-electron chi connectivity index (χ2n) is 1.27. The van der Waals surface area contributed by atoms with Gasteiger partial charge in [0.25, 0.3) is 0 Å². The Kier molecular flexibility index (Phi) is 3.62. The van der Waals surface area contributed by atoms with Gasteiger partial charge in [-0.15, -0.1) is 0 Å². The van der Waals surface area contributed by atoms with Crippen LogP contribution < -0.4 is 18.9 Å². The van der Waals surface area contributed by atoms with E-state index in [-0.39, 0.29) is 26.1 Å². The van der Waals surface area contributed by atoms with Crippen molar-refractivity contribution >= 4 is 5.97 Å². The third-order valence-corrected chi connectivity index (χ3v) is 0.685. The first-order valence-electron chi connectivity index (χ1n) is 2.16. The molecule has 6 heteroatoms. The van der Waals surface area contributed by atoms with Gasteiger partial charge >= 0.3 is 24.8 Å². The Morgan fingerprint density at radius 1 is 1.50 bits per heavy atom. The molecule has 0 unspecified atom stereocenters. The van der Waals surface area contributed by atoms with E-state index < -0.39 is 5.97 Å². The fraction of sp³-hybridized carbons (Fsp3) is 0. The molecule has 0 saturated heterocycles. The molecule has 0 aliphatic rings. The Labute approximate surface area is 70.2 Å². The van der Waals surface area contributed by atoms with E-state index in [9.17, 15) is 4.79 Å². The zero-order chi connectivity index (χ0) is 6.69. The number of carboxylic acid groups (broad SMARTS) is 1. The molecule has 0 radical (unpaired) electrons. The summed E-state index contributed by atoms with van der Waals surface area (Å²) in [5.41, 5.74) is 0. The summed E-state index contributed by atoms with van der Waals surface area (Å²) in [5, 5.41) is 8.23. The van der Waals surface area contributed by atoms with Gasteiger partial charge in [-0.05, 0) is 0 Å². The summed E-state index contributed by atoms with van der Waals surface area (Å²) in [6.45, 7) is 0. The summed E-state index contributed by atoms with van der Waals surface area (Å²) in [5.74, 6) is -1.37. The Bertz CT molecular complexity index is 220. The van der Waals surface area contributed by atoms with E-state index in [0.29, 0.717) is 0 Å². The second-order valence-corrected chi connectivity index (χ2v) is 1.27. The quantitative estimate of drug-likeness (QED) is 0.406. The molecule has 0 fully saturated rings. The van der Waals surface area contributed by atoms with E-state index in [4.69, 9.17) is 5.11 Å². The van der Waals surface area contributed by atoms with Crippen molar-refractivity contribution in [1.29, 1.82) is 0 Å². The van der Waals surface area contributed by atoms with Gasteiger partial charge < -0.3 is 6.53 Å². The van der Waals surface area contributed by atoms with Crippen molar-refractivity contribution in [2.75, 3.05) is 0 Å². The van der Waals surface area contributed by atoms with Gasteiger partial charge in [-0.25, -0.2) is 19.7 Å². The zero-order valence-corrected chi connectivity index (χ0v) is 5.35. The zero-order valence-electron chi connectivity index (χ0n) is 6.35. The van der Waals surface area contributed by atoms with E-state index in [0.717, 1.165) is 12.7 Å². The Morgan fingerprint density at radius 3 is 2.30 bits per heavy atom. The van der Waals surface area contributed by atoms with Gasteiger partial charge in [-0.2, -0.15) is 0 Å². The maximum atomic E-state index is 10.0. The molecular formula is C4H4LiN3O2. The van der Waals surface area contributed by atoms with Gasteiger partial charge in [-0.3, -0.25) is 0 Å². The van der Waals surface area contributed by atoms with Crippen LogP contribution in [-0.4, -0.2) is 26.0 Å². The summed E-state index contributed by atoms with van der Waals surface area (Å²) in [4.78, 5) is 20.2. The minimum atomic E-state index is -1.14. The van der Waals surface area contributed by atoms with Crippen molar-refractivity contribution in [3.63, 3.8) is 0 Å². The molecule has 0 aliphatic carbocycles. The fourth-order valence-electron chi connectivity index (χ4n) is 0.350. The van der Waals surface area contributed by atoms with Crippen molar-refractivity contribution < 1.29 is 30.2 Å². The standard InChI is InChI=1S/C4H3N3O2.Li.H/c8-4(9)3-6-1-5-2-7-3;;/h1-2H,(H,8,9);;/q;+1;-1. The van der Waals surface area contributed by atoms with Crippen LogP contribution >= 0.6 is 0 Å². The van der Waals surface area contributed by atoms with Gasteiger partial charge in [0.1, 0.15) is 12.7 Å². The predicted octanol–water partition coefficient (Wildman–Crippen LogP) is -3.31. The van der Waals surface area contributed by atoms with Gasteiger partial charge in [-0.1, -0.05) is 0 Å². The van der Waals surface area contributed by atoms with Crippen LogP contribution in [0.5, 0.6) is 0 Å². The molecule has 1 aromatic heterocycles. The van der Waals surface area contributed by atoms with E-state index in [2.05, 4.69) is 15.0 Å². The summed E-state index contributed by atoms with van der Waals surface area (Å²) < 4.78 is 0. The number of aromatic carboxylic acids is 1. The largest absolute Gasteiger partial charge is 1.00 e. The number of rotatable bonds is 1. The average Bonchev–Trinajstić information content (AvgIpc) is 1.90. The molecule has 1 aromatic rings. The maximum absolute atomic E-state index is 10.0. The first-order chi connectivity index (χ1) is 4.30. The minimum absolute atomic E-state index is 0. The number of nitrogens with zero attached hydrogens (tertiary/aromatic N) is 3. The van der Waals surface area contributed by atoms with Gasteiger partial charge in [0.05, 0.1) is 0 Å². The van der Waals surface area contributed by atoms with Crippen LogP contribution in [-0.2, 0) is 0 Å². The molecule has 5 nitrogen and oxygen atoms in total. The van der Waals surface area contributed by atoms with Gasteiger partial charge in [0.2, 0.25) is 5.82 Å². The third kappa shape index (κ3) is 2.13. The third-order valence-electron chi connectivity index (χ3n) is 0.685. The fourth-order valence-corrected chi connectivity index (χ4v) is 0.350. The molecule has 0 spiro atoms. The van der Waals surface area contributed by atoms with Crippen molar-refractivity contribution in [3.8, 4) is 0 Å². The van der Waals surface area contributed by atoms with Crippen molar-refractivity contribution in [1.82, 2.24) is 15.0 Å². The van der Waals surface area contributed by atoms with Crippen LogP contribution in [0.2, 0.25) is 0 Å². The van der Waals surface area contributed by atoms with Crippen LogP contribution in [0.3, 0.4) is 0 Å². The number of hydrogen-bond acceptors (Lipinski definition) is 4. The van der Waals surface area contributed by atoms with Crippen LogP contribution in [0.1, 0.15) is 12.0 Å². The summed E-state index contributed by atoms with van der Waals surface area (Å²) >= 11 is 0. The molecule has 48 valence electrons. The molecule has 0 bridgehead atoms. The average molecular weight is 133 g/mol. The molecule has 1 rings (SSSR count). The Morgan fingerprint density at radius 2 is 2.00 bits per heavy atom. The first kappa shape index (κ1) is 9.08. The topological polar surface area (TPSA) is 76.0 Å². The number of carbonyl (C=O) groups is 1. The smallest absolute Gasteiger partial charge is 1.00 e. The molecular weight excluding hydrogens is 129 g/mol. The van der Waals surface area contributed by atoms with Crippen LogP contribution in [0.4, 0.5) is 0 Å². The number of aromatic nitrogens is 3.